The number of aliphatic hydroxyl groups is 1. The number of para-hydroxylation sites is 1. The molecule has 5 atom stereocenters. The molecule has 0 aliphatic carbocycles. The van der Waals surface area contributed by atoms with Crippen molar-refractivity contribution in [2.45, 2.75) is 69.2 Å². The van der Waals surface area contributed by atoms with Crippen molar-refractivity contribution in [1.82, 2.24) is 9.62 Å². The number of sulfonamides is 1. The predicted molar refractivity (Wildman–Crippen MR) is 134 cm³/mol. The van der Waals surface area contributed by atoms with Crippen molar-refractivity contribution in [2.24, 2.45) is 28.3 Å². The zero-order chi connectivity index (χ0) is 25.8. The average Bonchev–Trinajstić information content (AvgIpc) is 2.79. The van der Waals surface area contributed by atoms with Gasteiger partial charge in [-0.3, -0.25) is 14.7 Å². The van der Waals surface area contributed by atoms with Gasteiger partial charge in [-0.1, -0.05) is 26.0 Å². The number of aliphatic hydroxyl groups excluding tert-OH is 1. The number of carboxylic acid groups (broad SMARTS) is 1. The van der Waals surface area contributed by atoms with Crippen LogP contribution in [-0.2, 0) is 21.2 Å². The largest absolute Gasteiger partial charge is 0.480 e. The molecule has 0 radical (unpaired) electrons. The summed E-state index contributed by atoms with van der Waals surface area (Å²) in [5.41, 5.74) is 12.3. The second kappa shape index (κ2) is 11.5. The molecule has 2 aliphatic heterocycles. The number of rotatable bonds is 10. The van der Waals surface area contributed by atoms with Gasteiger partial charge in [0.1, 0.15) is 17.2 Å². The van der Waals surface area contributed by atoms with Gasteiger partial charge >= 0.3 is 5.97 Å². The number of nitrogens with two attached hydrogens (primary N) is 2. The lowest BCUT2D eigenvalue weighted by atomic mass is 9.91. The summed E-state index contributed by atoms with van der Waals surface area (Å²) >= 11 is 0. The summed E-state index contributed by atoms with van der Waals surface area (Å²) in [7, 11) is -4.04. The van der Waals surface area contributed by atoms with Crippen LogP contribution >= 0.6 is 0 Å². The minimum absolute atomic E-state index is 0.0742. The number of benzene rings is 1. The number of aliphatic imine (C=N–C) groups is 1. The van der Waals surface area contributed by atoms with Gasteiger partial charge in [-0.15, -0.1) is 0 Å². The molecule has 8 N–H and O–H groups in total. The number of nitrogens with zero attached hydrogens (tertiary/aromatic N) is 2. The lowest BCUT2D eigenvalue weighted by Gasteiger charge is -2.41. The minimum Gasteiger partial charge on any atom is -0.480 e. The van der Waals surface area contributed by atoms with Gasteiger partial charge in [-0.2, -0.15) is 0 Å². The van der Waals surface area contributed by atoms with E-state index in [0.717, 1.165) is 12.0 Å². The molecule has 1 fully saturated rings. The molecular formula is C23H38N6O5S. The van der Waals surface area contributed by atoms with Crippen molar-refractivity contribution >= 4 is 27.6 Å². The molecule has 196 valence electrons. The Morgan fingerprint density at radius 1 is 1.31 bits per heavy atom. The van der Waals surface area contributed by atoms with E-state index in [4.69, 9.17) is 11.5 Å². The number of anilines is 1. The van der Waals surface area contributed by atoms with E-state index in [0.29, 0.717) is 44.0 Å². The van der Waals surface area contributed by atoms with Gasteiger partial charge in [-0.05, 0) is 55.6 Å². The Morgan fingerprint density at radius 3 is 2.74 bits per heavy atom. The Kier molecular flexibility index (Phi) is 8.97. The molecule has 35 heavy (non-hydrogen) atoms. The molecule has 3 rings (SSSR count). The number of piperidine rings is 1. The monoisotopic (exact) mass is 510 g/mol. The Morgan fingerprint density at radius 2 is 2.06 bits per heavy atom. The Labute approximate surface area is 207 Å². The summed E-state index contributed by atoms with van der Waals surface area (Å²) in [5.74, 6) is -0.531. The summed E-state index contributed by atoms with van der Waals surface area (Å²) in [6.07, 6.45) is 1.14. The van der Waals surface area contributed by atoms with Gasteiger partial charge < -0.3 is 27.0 Å². The second-order valence-corrected chi connectivity index (χ2v) is 11.5. The smallest absolute Gasteiger partial charge is 0.321 e. The van der Waals surface area contributed by atoms with Crippen molar-refractivity contribution < 1.29 is 23.4 Å². The van der Waals surface area contributed by atoms with Crippen LogP contribution in [0.5, 0.6) is 0 Å². The Bertz CT molecular complexity index is 1030. The topological polar surface area (TPSA) is 183 Å². The quantitative estimate of drug-likeness (QED) is 0.148. The molecule has 0 bridgehead atoms. The van der Waals surface area contributed by atoms with Crippen LogP contribution in [0.1, 0.15) is 45.1 Å². The second-order valence-electron chi connectivity index (χ2n) is 9.79. The van der Waals surface area contributed by atoms with Crippen LogP contribution in [0.25, 0.3) is 0 Å². The number of fused-ring (bicyclic) bond motifs is 1. The van der Waals surface area contributed by atoms with Gasteiger partial charge in [0, 0.05) is 19.6 Å². The number of guanidine groups is 1. The number of carbonyl (C=O) groups is 1. The molecule has 2 heterocycles. The van der Waals surface area contributed by atoms with Crippen LogP contribution in [0, 0.1) is 11.8 Å². The molecule has 2 aliphatic rings. The number of aliphatic carboxylic acids is 1. The van der Waals surface area contributed by atoms with Crippen molar-refractivity contribution in [2.75, 3.05) is 25.0 Å². The lowest BCUT2D eigenvalue weighted by molar-refractivity contribution is -0.153. The zero-order valence-electron chi connectivity index (χ0n) is 20.4. The first kappa shape index (κ1) is 27.2. The van der Waals surface area contributed by atoms with E-state index in [1.165, 1.54) is 11.0 Å². The van der Waals surface area contributed by atoms with Crippen LogP contribution in [0.3, 0.4) is 0 Å². The van der Waals surface area contributed by atoms with Gasteiger partial charge in [0.15, 0.2) is 5.96 Å². The number of nitrogens with one attached hydrogen (secondary N) is 2. The van der Waals surface area contributed by atoms with E-state index in [1.807, 2.05) is 13.0 Å². The van der Waals surface area contributed by atoms with Crippen molar-refractivity contribution in [3.8, 4) is 0 Å². The highest BCUT2D eigenvalue weighted by molar-refractivity contribution is 7.89. The fraction of sp³-hybridized carbons (Fsp3) is 0.652. The van der Waals surface area contributed by atoms with Crippen LogP contribution < -0.4 is 21.5 Å². The van der Waals surface area contributed by atoms with E-state index in [1.54, 1.807) is 6.07 Å². The van der Waals surface area contributed by atoms with E-state index in [9.17, 15) is 23.4 Å². The van der Waals surface area contributed by atoms with Crippen molar-refractivity contribution in [3.05, 3.63) is 23.8 Å². The van der Waals surface area contributed by atoms with Crippen LogP contribution in [0.15, 0.2) is 28.1 Å². The standard InChI is InChI=1S/C23H38N6O5S/c1-14-8-10-29(18(12-14)22(31)32)21(30)17(6-4-9-26-23(24)25)28-35(33,34)19-7-3-5-16-11-15(2)13-27-20(16)19/h3,5,7,14-15,17-18,21,27-28,30H,4,6,8-13H2,1-2H3,(H,31,32)(H4,24,25,26)/t14-,15?,17+,18-,21?/m1/s1. The maximum atomic E-state index is 13.5. The van der Waals surface area contributed by atoms with E-state index in [2.05, 4.69) is 22.0 Å². The number of hydrogen-bond acceptors (Lipinski definition) is 7. The third-order valence-electron chi connectivity index (χ3n) is 6.76. The van der Waals surface area contributed by atoms with Gasteiger partial charge in [0.2, 0.25) is 10.0 Å². The maximum Gasteiger partial charge on any atom is 0.321 e. The maximum absolute atomic E-state index is 13.5. The molecule has 1 saturated heterocycles. The van der Waals surface area contributed by atoms with Crippen LogP contribution in [0.2, 0.25) is 0 Å². The third-order valence-corrected chi connectivity index (χ3v) is 8.29. The molecule has 11 nitrogen and oxygen atoms in total. The number of hydrogen-bond donors (Lipinski definition) is 6. The van der Waals surface area contributed by atoms with Gasteiger partial charge in [-0.25, -0.2) is 13.1 Å². The van der Waals surface area contributed by atoms with Crippen LogP contribution in [-0.4, -0.2) is 73.4 Å². The van der Waals surface area contributed by atoms with Crippen molar-refractivity contribution in [1.29, 1.82) is 0 Å². The zero-order valence-corrected chi connectivity index (χ0v) is 21.2. The SMILES string of the molecule is CC1CNc2c(cccc2S(=O)(=O)N[C@@H](CCCN=C(N)N)C(O)N2CC[C@@H](C)C[C@@H]2C(=O)O)C1. The lowest BCUT2D eigenvalue weighted by Crippen LogP contribution is -2.59. The first-order valence-corrected chi connectivity index (χ1v) is 13.6. The summed E-state index contributed by atoms with van der Waals surface area (Å²) in [6.45, 7) is 5.34. The summed E-state index contributed by atoms with van der Waals surface area (Å²) in [4.78, 5) is 17.5. The molecule has 2 unspecified atom stereocenters. The molecule has 1 aromatic rings. The highest BCUT2D eigenvalue weighted by Crippen LogP contribution is 2.32. The first-order valence-electron chi connectivity index (χ1n) is 12.1. The molecule has 0 saturated carbocycles. The summed E-state index contributed by atoms with van der Waals surface area (Å²) in [5, 5.41) is 24.2. The highest BCUT2D eigenvalue weighted by atomic mass is 32.2. The highest BCUT2D eigenvalue weighted by Gasteiger charge is 2.39. The molecule has 12 heteroatoms. The summed E-state index contributed by atoms with van der Waals surface area (Å²) in [6, 6.07) is 3.30. The minimum atomic E-state index is -4.04. The average molecular weight is 511 g/mol. The first-order chi connectivity index (χ1) is 16.5. The Hall–Kier alpha value is -2.41. The van der Waals surface area contributed by atoms with E-state index in [-0.39, 0.29) is 29.7 Å². The molecule has 0 amide bonds. The normalized spacial score (nSPS) is 24.6. The van der Waals surface area contributed by atoms with Crippen LogP contribution in [0.4, 0.5) is 5.69 Å². The molecule has 1 aromatic carbocycles. The van der Waals surface area contributed by atoms with Gasteiger partial charge in [0.25, 0.3) is 0 Å². The predicted octanol–water partition coefficient (Wildman–Crippen LogP) is 0.495. The van der Waals surface area contributed by atoms with Crippen molar-refractivity contribution in [3.63, 3.8) is 0 Å². The molecule has 0 aromatic heterocycles. The molecule has 0 spiro atoms. The third kappa shape index (κ3) is 6.84. The van der Waals surface area contributed by atoms with Gasteiger partial charge in [0.05, 0.1) is 11.7 Å². The molecular weight excluding hydrogens is 472 g/mol. The Balaban J connectivity index is 1.87. The number of likely N-dealkylation sites (tertiary alicyclic amines) is 1. The van der Waals surface area contributed by atoms with E-state index < -0.39 is 34.3 Å². The van der Waals surface area contributed by atoms with E-state index >= 15 is 0 Å². The fourth-order valence-electron chi connectivity index (χ4n) is 4.90. The summed E-state index contributed by atoms with van der Waals surface area (Å²) < 4.78 is 29.7. The fourth-order valence-corrected chi connectivity index (χ4v) is 6.39. The number of carboxylic acids is 1.